The lowest BCUT2D eigenvalue weighted by Crippen LogP contribution is -2.17. The van der Waals surface area contributed by atoms with Crippen molar-refractivity contribution in [2.45, 2.75) is 26.8 Å². The van der Waals surface area contributed by atoms with Crippen molar-refractivity contribution in [1.82, 2.24) is 5.32 Å². The van der Waals surface area contributed by atoms with E-state index in [1.165, 1.54) is 6.07 Å². The van der Waals surface area contributed by atoms with Gasteiger partial charge in [0.25, 0.3) is 0 Å². The van der Waals surface area contributed by atoms with E-state index < -0.39 is 11.6 Å². The quantitative estimate of drug-likeness (QED) is 0.722. The highest BCUT2D eigenvalue weighted by molar-refractivity contribution is 5.17. The third kappa shape index (κ3) is 6.07. The van der Waals surface area contributed by atoms with Gasteiger partial charge in [0.05, 0.1) is 0 Å². The van der Waals surface area contributed by atoms with Crippen molar-refractivity contribution in [2.24, 2.45) is 5.92 Å². The molecule has 1 rings (SSSR count). The van der Waals surface area contributed by atoms with Gasteiger partial charge in [0.15, 0.2) is 11.6 Å². The Hall–Kier alpha value is -1.00. The molecule has 1 aromatic rings. The van der Waals surface area contributed by atoms with Crippen molar-refractivity contribution in [1.29, 1.82) is 0 Å². The van der Waals surface area contributed by atoms with E-state index in [0.717, 1.165) is 37.8 Å². The standard InChI is InChI=1S/C14H21F2NO/c1-11(2)10-18-7-3-6-17-9-12-4-5-13(15)14(16)8-12/h4-5,8,11,17H,3,6-7,9-10H2,1-2H3. The second-order valence-corrected chi connectivity index (χ2v) is 4.75. The summed E-state index contributed by atoms with van der Waals surface area (Å²) in [6.45, 7) is 7.08. The zero-order valence-corrected chi connectivity index (χ0v) is 11.0. The molecule has 0 aromatic heterocycles. The molecule has 2 nitrogen and oxygen atoms in total. The summed E-state index contributed by atoms with van der Waals surface area (Å²) in [4.78, 5) is 0. The van der Waals surface area contributed by atoms with Gasteiger partial charge in [0.2, 0.25) is 0 Å². The first kappa shape index (κ1) is 15.1. The molecule has 18 heavy (non-hydrogen) atoms. The predicted molar refractivity (Wildman–Crippen MR) is 68.3 cm³/mol. The van der Waals surface area contributed by atoms with Crippen LogP contribution in [0.3, 0.4) is 0 Å². The van der Waals surface area contributed by atoms with Gasteiger partial charge in [-0.1, -0.05) is 19.9 Å². The molecule has 1 aromatic carbocycles. The molecule has 0 saturated carbocycles. The van der Waals surface area contributed by atoms with Gasteiger partial charge in [-0.15, -0.1) is 0 Å². The molecule has 0 bridgehead atoms. The van der Waals surface area contributed by atoms with Crippen molar-refractivity contribution in [3.8, 4) is 0 Å². The van der Waals surface area contributed by atoms with E-state index in [-0.39, 0.29) is 0 Å². The van der Waals surface area contributed by atoms with Crippen LogP contribution in [0.4, 0.5) is 8.78 Å². The lowest BCUT2D eigenvalue weighted by atomic mass is 10.2. The Bertz CT molecular complexity index is 356. The van der Waals surface area contributed by atoms with Crippen LogP contribution in [-0.4, -0.2) is 19.8 Å². The van der Waals surface area contributed by atoms with E-state index in [9.17, 15) is 8.78 Å². The molecule has 0 amide bonds. The van der Waals surface area contributed by atoms with Crippen molar-refractivity contribution >= 4 is 0 Å². The number of halogens is 2. The maximum absolute atomic E-state index is 12.9. The summed E-state index contributed by atoms with van der Waals surface area (Å²) in [5, 5.41) is 3.17. The minimum absolute atomic E-state index is 0.543. The molecule has 0 aliphatic rings. The molecule has 0 radical (unpaired) electrons. The van der Waals surface area contributed by atoms with E-state index >= 15 is 0 Å². The lowest BCUT2D eigenvalue weighted by Gasteiger charge is -2.08. The molecule has 0 aliphatic heterocycles. The van der Waals surface area contributed by atoms with Gasteiger partial charge in [-0.2, -0.15) is 0 Å². The summed E-state index contributed by atoms with van der Waals surface area (Å²) in [5.41, 5.74) is 0.747. The van der Waals surface area contributed by atoms with E-state index in [0.29, 0.717) is 12.5 Å². The Balaban J connectivity index is 2.09. The van der Waals surface area contributed by atoms with Crippen molar-refractivity contribution in [2.75, 3.05) is 19.8 Å². The topological polar surface area (TPSA) is 21.3 Å². The van der Waals surface area contributed by atoms with E-state index in [1.54, 1.807) is 6.07 Å². The first-order chi connectivity index (χ1) is 8.59. The van der Waals surface area contributed by atoms with Crippen LogP contribution < -0.4 is 5.32 Å². The number of benzene rings is 1. The summed E-state index contributed by atoms with van der Waals surface area (Å²) >= 11 is 0. The third-order valence-corrected chi connectivity index (χ3v) is 2.41. The molecule has 0 spiro atoms. The van der Waals surface area contributed by atoms with Crippen LogP contribution in [0, 0.1) is 17.6 Å². The summed E-state index contributed by atoms with van der Waals surface area (Å²) in [7, 11) is 0. The first-order valence-corrected chi connectivity index (χ1v) is 6.32. The fourth-order valence-electron chi connectivity index (χ4n) is 1.50. The van der Waals surface area contributed by atoms with Crippen molar-refractivity contribution in [3.63, 3.8) is 0 Å². The fourth-order valence-corrected chi connectivity index (χ4v) is 1.50. The summed E-state index contributed by atoms with van der Waals surface area (Å²) in [6, 6.07) is 3.95. The fraction of sp³-hybridized carbons (Fsp3) is 0.571. The average molecular weight is 257 g/mol. The molecule has 0 saturated heterocycles. The number of nitrogens with one attached hydrogen (secondary N) is 1. The van der Waals surface area contributed by atoms with E-state index in [1.807, 2.05) is 0 Å². The van der Waals surface area contributed by atoms with Crippen LogP contribution in [0.2, 0.25) is 0 Å². The predicted octanol–water partition coefficient (Wildman–Crippen LogP) is 3.12. The lowest BCUT2D eigenvalue weighted by molar-refractivity contribution is 0.108. The normalized spacial score (nSPS) is 11.2. The van der Waals surface area contributed by atoms with Crippen molar-refractivity contribution in [3.05, 3.63) is 35.4 Å². The number of hydrogen-bond acceptors (Lipinski definition) is 2. The van der Waals surface area contributed by atoms with Crippen LogP contribution in [0.25, 0.3) is 0 Å². The van der Waals surface area contributed by atoms with Gasteiger partial charge < -0.3 is 10.1 Å². The molecule has 1 N–H and O–H groups in total. The van der Waals surface area contributed by atoms with Crippen LogP contribution >= 0.6 is 0 Å². The molecular formula is C14H21F2NO. The van der Waals surface area contributed by atoms with Gasteiger partial charge in [-0.25, -0.2) is 8.78 Å². The molecule has 102 valence electrons. The Kier molecular flexibility index (Phi) is 6.83. The smallest absolute Gasteiger partial charge is 0.159 e. The Labute approximate surface area is 107 Å². The summed E-state index contributed by atoms with van der Waals surface area (Å²) in [6.07, 6.45) is 0.913. The Morgan fingerprint density at radius 3 is 2.67 bits per heavy atom. The molecule has 4 heteroatoms. The number of hydrogen-bond donors (Lipinski definition) is 1. The molecular weight excluding hydrogens is 236 g/mol. The molecule has 0 heterocycles. The van der Waals surface area contributed by atoms with Crippen LogP contribution in [0.1, 0.15) is 25.8 Å². The van der Waals surface area contributed by atoms with Gasteiger partial charge in [0.1, 0.15) is 0 Å². The second kappa shape index (κ2) is 8.16. The second-order valence-electron chi connectivity index (χ2n) is 4.75. The minimum Gasteiger partial charge on any atom is -0.381 e. The van der Waals surface area contributed by atoms with Gasteiger partial charge in [0, 0.05) is 19.8 Å². The Morgan fingerprint density at radius 1 is 1.22 bits per heavy atom. The van der Waals surface area contributed by atoms with Gasteiger partial charge in [-0.3, -0.25) is 0 Å². The third-order valence-electron chi connectivity index (χ3n) is 2.41. The monoisotopic (exact) mass is 257 g/mol. The van der Waals surface area contributed by atoms with Gasteiger partial charge in [-0.05, 0) is 36.6 Å². The minimum atomic E-state index is -0.805. The highest BCUT2D eigenvalue weighted by Crippen LogP contribution is 2.08. The molecule has 0 unspecified atom stereocenters. The van der Waals surface area contributed by atoms with Crippen molar-refractivity contribution < 1.29 is 13.5 Å². The van der Waals surface area contributed by atoms with E-state index in [4.69, 9.17) is 4.74 Å². The molecule has 0 atom stereocenters. The largest absolute Gasteiger partial charge is 0.381 e. The zero-order chi connectivity index (χ0) is 13.4. The van der Waals surface area contributed by atoms with Crippen LogP contribution in [0.5, 0.6) is 0 Å². The molecule has 0 fully saturated rings. The number of ether oxygens (including phenoxy) is 1. The first-order valence-electron chi connectivity index (χ1n) is 6.32. The number of rotatable bonds is 8. The maximum atomic E-state index is 12.9. The highest BCUT2D eigenvalue weighted by atomic mass is 19.2. The summed E-state index contributed by atoms with van der Waals surface area (Å²) < 4.78 is 31.0. The Morgan fingerprint density at radius 2 is 2.00 bits per heavy atom. The van der Waals surface area contributed by atoms with Crippen LogP contribution in [0.15, 0.2) is 18.2 Å². The van der Waals surface area contributed by atoms with E-state index in [2.05, 4.69) is 19.2 Å². The average Bonchev–Trinajstić information content (AvgIpc) is 2.32. The SMILES string of the molecule is CC(C)COCCCNCc1ccc(F)c(F)c1. The zero-order valence-electron chi connectivity index (χ0n) is 11.0. The maximum Gasteiger partial charge on any atom is 0.159 e. The molecule has 0 aliphatic carbocycles. The van der Waals surface area contributed by atoms with Gasteiger partial charge >= 0.3 is 0 Å². The summed E-state index contributed by atoms with van der Waals surface area (Å²) in [5.74, 6) is -1.05. The van der Waals surface area contributed by atoms with Crippen LogP contribution in [-0.2, 0) is 11.3 Å². The highest BCUT2D eigenvalue weighted by Gasteiger charge is 2.01.